The fraction of sp³-hybridized carbons (Fsp3) is 0.736. The highest BCUT2D eigenvalue weighted by molar-refractivity contribution is 5.71. The molecule has 0 aromatic rings. The van der Waals surface area contributed by atoms with E-state index >= 15 is 0 Å². The Morgan fingerprint density at radius 3 is 0.782 bits per heavy atom. The summed E-state index contributed by atoms with van der Waals surface area (Å²) < 4.78 is 16.8. The summed E-state index contributed by atoms with van der Waals surface area (Å²) >= 11 is 0. The normalized spacial score (nSPS) is 12.7. The third-order valence-corrected chi connectivity index (χ3v) is 14.3. The Balaban J connectivity index is 4.02. The highest BCUT2D eigenvalue weighted by atomic mass is 16.6. The number of unbranched alkanes of at least 4 members (excludes halogenated alkanes) is 33. The number of carbonyl (C=O) groups excluding carboxylic acids is 3. The third kappa shape index (κ3) is 63.2. The van der Waals surface area contributed by atoms with Crippen molar-refractivity contribution in [2.75, 3.05) is 13.2 Å². The molecule has 78 heavy (non-hydrogen) atoms. The van der Waals surface area contributed by atoms with Crippen LogP contribution in [0.2, 0.25) is 0 Å². The Kier molecular flexibility index (Phi) is 62.7. The van der Waals surface area contributed by atoms with Gasteiger partial charge in [-0.05, 0) is 96.3 Å². The minimum Gasteiger partial charge on any atom is -0.462 e. The first-order chi connectivity index (χ1) is 38.5. The van der Waals surface area contributed by atoms with Crippen molar-refractivity contribution in [3.05, 3.63) is 97.2 Å². The molecule has 448 valence electrons. The van der Waals surface area contributed by atoms with E-state index in [9.17, 15) is 14.4 Å². The summed E-state index contributed by atoms with van der Waals surface area (Å²) in [5, 5.41) is 0. The second kappa shape index (κ2) is 65.8. The smallest absolute Gasteiger partial charge is 0.306 e. The van der Waals surface area contributed by atoms with Crippen molar-refractivity contribution < 1.29 is 28.6 Å². The number of ether oxygens (including phenoxy) is 3. The Hall–Kier alpha value is -3.67. The van der Waals surface area contributed by atoms with E-state index in [4.69, 9.17) is 14.2 Å². The predicted molar refractivity (Wildman–Crippen MR) is 339 cm³/mol. The molecular weight excluding hydrogens is 961 g/mol. The van der Waals surface area contributed by atoms with Crippen LogP contribution < -0.4 is 0 Å². The van der Waals surface area contributed by atoms with Gasteiger partial charge in [0.05, 0.1) is 0 Å². The molecule has 0 bridgehead atoms. The summed E-state index contributed by atoms with van der Waals surface area (Å²) in [6, 6.07) is 0. The highest BCUT2D eigenvalue weighted by Crippen LogP contribution is 2.17. The first-order valence-electron chi connectivity index (χ1n) is 33.2. The lowest BCUT2D eigenvalue weighted by Crippen LogP contribution is -2.30. The van der Waals surface area contributed by atoms with Gasteiger partial charge in [0, 0.05) is 19.3 Å². The van der Waals surface area contributed by atoms with Gasteiger partial charge in [0.1, 0.15) is 13.2 Å². The standard InChI is InChI=1S/C72H124O6/c1-4-7-10-13-16-19-21-23-25-27-28-29-30-31-32-33-34-35-36-37-38-39-40-41-42-43-44-46-47-49-51-53-56-59-62-65-71(74)77-68-69(67-76-70(73)64-61-58-55-18-15-12-9-6-3)78-72(75)66-63-60-57-54-52-50-48-45-26-24-22-20-17-14-11-8-5-2/h7-8,10-11,16-17,19-20,23-26,28-29,48,50,69H,4-6,9,12-15,18,21-22,27,30-47,49,51-68H2,1-3H3/b10-7-,11-8-,19-16-,20-17-,25-23-,26-24-,29-28-,50-48-. The molecule has 0 saturated heterocycles. The molecule has 0 aliphatic rings. The maximum absolute atomic E-state index is 12.8. The van der Waals surface area contributed by atoms with E-state index in [1.165, 1.54) is 161 Å². The Morgan fingerprint density at radius 2 is 0.500 bits per heavy atom. The maximum atomic E-state index is 12.8. The monoisotopic (exact) mass is 1080 g/mol. The molecule has 0 fully saturated rings. The van der Waals surface area contributed by atoms with Crippen molar-refractivity contribution in [1.82, 2.24) is 0 Å². The topological polar surface area (TPSA) is 78.9 Å². The van der Waals surface area contributed by atoms with Gasteiger partial charge in [-0.2, -0.15) is 0 Å². The molecule has 0 N–H and O–H groups in total. The molecule has 0 amide bonds. The zero-order valence-corrected chi connectivity index (χ0v) is 51.4. The Bertz CT molecular complexity index is 1530. The van der Waals surface area contributed by atoms with Gasteiger partial charge in [-0.15, -0.1) is 0 Å². The number of carbonyl (C=O) groups is 3. The quantitative estimate of drug-likeness (QED) is 0.0261. The largest absolute Gasteiger partial charge is 0.462 e. The third-order valence-electron chi connectivity index (χ3n) is 14.3. The van der Waals surface area contributed by atoms with Crippen molar-refractivity contribution in [3.8, 4) is 0 Å². The lowest BCUT2D eigenvalue weighted by atomic mass is 10.0. The second-order valence-corrected chi connectivity index (χ2v) is 22.0. The van der Waals surface area contributed by atoms with E-state index in [1.54, 1.807) is 0 Å². The maximum Gasteiger partial charge on any atom is 0.306 e. The average Bonchev–Trinajstić information content (AvgIpc) is 3.44. The molecule has 0 heterocycles. The molecule has 0 radical (unpaired) electrons. The van der Waals surface area contributed by atoms with Gasteiger partial charge in [0.15, 0.2) is 6.10 Å². The zero-order chi connectivity index (χ0) is 56.4. The van der Waals surface area contributed by atoms with E-state index in [2.05, 4.69) is 118 Å². The molecule has 0 aromatic carbocycles. The predicted octanol–water partition coefficient (Wildman–Crippen LogP) is 22.8. The first kappa shape index (κ1) is 74.3. The lowest BCUT2D eigenvalue weighted by Gasteiger charge is -2.18. The van der Waals surface area contributed by atoms with Crippen LogP contribution in [0.25, 0.3) is 0 Å². The first-order valence-corrected chi connectivity index (χ1v) is 33.2. The van der Waals surface area contributed by atoms with Gasteiger partial charge < -0.3 is 14.2 Å². The van der Waals surface area contributed by atoms with E-state index < -0.39 is 6.10 Å². The van der Waals surface area contributed by atoms with E-state index in [-0.39, 0.29) is 31.1 Å². The zero-order valence-electron chi connectivity index (χ0n) is 51.4. The summed E-state index contributed by atoms with van der Waals surface area (Å²) in [5.74, 6) is -0.900. The van der Waals surface area contributed by atoms with E-state index in [0.717, 1.165) is 122 Å². The fourth-order valence-electron chi connectivity index (χ4n) is 9.43. The van der Waals surface area contributed by atoms with Crippen molar-refractivity contribution >= 4 is 17.9 Å². The van der Waals surface area contributed by atoms with Crippen LogP contribution in [-0.2, 0) is 28.6 Å². The minimum atomic E-state index is -0.786. The molecule has 1 atom stereocenters. The number of rotatable bonds is 60. The van der Waals surface area contributed by atoms with Crippen LogP contribution in [0.5, 0.6) is 0 Å². The molecule has 0 spiro atoms. The molecule has 6 nitrogen and oxygen atoms in total. The highest BCUT2D eigenvalue weighted by Gasteiger charge is 2.19. The van der Waals surface area contributed by atoms with Crippen LogP contribution in [0.3, 0.4) is 0 Å². The summed E-state index contributed by atoms with van der Waals surface area (Å²) in [4.78, 5) is 38.1. The van der Waals surface area contributed by atoms with Gasteiger partial charge in [-0.25, -0.2) is 0 Å². The second-order valence-electron chi connectivity index (χ2n) is 22.0. The van der Waals surface area contributed by atoms with Gasteiger partial charge in [0.25, 0.3) is 0 Å². The molecule has 0 aromatic heterocycles. The molecule has 1 unspecified atom stereocenters. The fourth-order valence-corrected chi connectivity index (χ4v) is 9.43. The van der Waals surface area contributed by atoms with Crippen LogP contribution >= 0.6 is 0 Å². The summed E-state index contributed by atoms with van der Waals surface area (Å²) in [6.07, 6.45) is 88.9. The number of hydrogen-bond donors (Lipinski definition) is 0. The minimum absolute atomic E-state index is 0.0830. The van der Waals surface area contributed by atoms with Crippen LogP contribution in [0, 0.1) is 0 Å². The molecule has 0 aliphatic carbocycles. The lowest BCUT2D eigenvalue weighted by molar-refractivity contribution is -0.167. The molecule has 6 heteroatoms. The Morgan fingerprint density at radius 1 is 0.269 bits per heavy atom. The van der Waals surface area contributed by atoms with Crippen LogP contribution in [-0.4, -0.2) is 37.2 Å². The van der Waals surface area contributed by atoms with Crippen LogP contribution in [0.4, 0.5) is 0 Å². The van der Waals surface area contributed by atoms with Gasteiger partial charge >= 0.3 is 17.9 Å². The summed E-state index contributed by atoms with van der Waals surface area (Å²) in [7, 11) is 0. The average molecular weight is 1090 g/mol. The van der Waals surface area contributed by atoms with Gasteiger partial charge in [-0.3, -0.25) is 14.4 Å². The molecule has 0 rings (SSSR count). The van der Waals surface area contributed by atoms with Crippen molar-refractivity contribution in [2.45, 2.75) is 329 Å². The van der Waals surface area contributed by atoms with Crippen molar-refractivity contribution in [3.63, 3.8) is 0 Å². The Labute approximate surface area is 483 Å². The number of allylic oxidation sites excluding steroid dienone is 16. The molecule has 0 aliphatic heterocycles. The number of hydrogen-bond acceptors (Lipinski definition) is 6. The molecule has 0 saturated carbocycles. The molecular formula is C72H124O6. The van der Waals surface area contributed by atoms with E-state index in [0.29, 0.717) is 19.3 Å². The van der Waals surface area contributed by atoms with E-state index in [1.807, 2.05) is 0 Å². The van der Waals surface area contributed by atoms with Crippen molar-refractivity contribution in [2.24, 2.45) is 0 Å². The van der Waals surface area contributed by atoms with Crippen LogP contribution in [0.15, 0.2) is 97.2 Å². The van der Waals surface area contributed by atoms with Gasteiger partial charge in [-0.1, -0.05) is 304 Å². The summed E-state index contributed by atoms with van der Waals surface area (Å²) in [5.41, 5.74) is 0. The SMILES string of the molecule is CC/C=C\C/C=C\C/C=C\C/C=C\CCCCCCCCCCCCCCCCCCCCCCCCC(=O)OCC(COC(=O)CCCCCCCCCC)OC(=O)CCCCCC/C=C\C/C=C\C/C=C\C/C=C\CC. The summed E-state index contributed by atoms with van der Waals surface area (Å²) in [6.45, 7) is 6.39. The van der Waals surface area contributed by atoms with Crippen molar-refractivity contribution in [1.29, 1.82) is 0 Å². The number of esters is 3. The van der Waals surface area contributed by atoms with Crippen LogP contribution in [0.1, 0.15) is 323 Å². The van der Waals surface area contributed by atoms with Gasteiger partial charge in [0.2, 0.25) is 0 Å².